The van der Waals surface area contributed by atoms with Crippen LogP contribution in [0.4, 0.5) is 0 Å². The Morgan fingerprint density at radius 1 is 1.12 bits per heavy atom. The number of hydrogen-bond donors (Lipinski definition) is 2. The van der Waals surface area contributed by atoms with Crippen LogP contribution in [-0.4, -0.2) is 39.2 Å². The maximum Gasteiger partial charge on any atom is 0.270 e. The summed E-state index contributed by atoms with van der Waals surface area (Å²) in [5.41, 5.74) is 4.66. The van der Waals surface area contributed by atoms with Crippen molar-refractivity contribution in [2.45, 2.75) is 39.0 Å². The molecule has 2 aromatic heterocycles. The van der Waals surface area contributed by atoms with E-state index < -0.39 is 0 Å². The van der Waals surface area contributed by atoms with Crippen molar-refractivity contribution in [2.75, 3.05) is 6.54 Å². The van der Waals surface area contributed by atoms with E-state index in [9.17, 15) is 9.59 Å². The van der Waals surface area contributed by atoms with Crippen molar-refractivity contribution in [3.63, 3.8) is 0 Å². The lowest BCUT2D eigenvalue weighted by molar-refractivity contribution is 0.0265. The predicted molar refractivity (Wildman–Crippen MR) is 119 cm³/mol. The highest BCUT2D eigenvalue weighted by molar-refractivity contribution is 5.94. The van der Waals surface area contributed by atoms with Crippen LogP contribution in [0, 0.1) is 0 Å². The highest BCUT2D eigenvalue weighted by Gasteiger charge is 2.29. The van der Waals surface area contributed by atoms with E-state index in [0.717, 1.165) is 28.9 Å². The number of nitrogens with zero attached hydrogens (tertiary/aromatic N) is 3. The molecular formula is C24H27N5O3. The van der Waals surface area contributed by atoms with Crippen LogP contribution in [0.5, 0.6) is 0 Å². The van der Waals surface area contributed by atoms with Gasteiger partial charge in [-0.05, 0) is 24.1 Å². The molecule has 1 unspecified atom stereocenters. The van der Waals surface area contributed by atoms with E-state index in [0.29, 0.717) is 37.4 Å². The van der Waals surface area contributed by atoms with Gasteiger partial charge in [-0.15, -0.1) is 0 Å². The number of carbonyl (C=O) groups excluding carboxylic acids is 2. The second kappa shape index (κ2) is 9.74. The average molecular weight is 434 g/mol. The van der Waals surface area contributed by atoms with Gasteiger partial charge in [0.15, 0.2) is 0 Å². The van der Waals surface area contributed by atoms with E-state index >= 15 is 0 Å². The lowest BCUT2D eigenvalue weighted by atomic mass is 10.0. The van der Waals surface area contributed by atoms with Crippen molar-refractivity contribution in [1.82, 2.24) is 25.4 Å². The van der Waals surface area contributed by atoms with E-state index in [1.54, 1.807) is 24.0 Å². The van der Waals surface area contributed by atoms with Gasteiger partial charge < -0.3 is 15.4 Å². The van der Waals surface area contributed by atoms with Crippen LogP contribution < -0.4 is 10.6 Å². The molecule has 0 saturated carbocycles. The predicted octanol–water partition coefficient (Wildman–Crippen LogP) is 2.18. The lowest BCUT2D eigenvalue weighted by Gasteiger charge is -2.23. The summed E-state index contributed by atoms with van der Waals surface area (Å²) in [5, 5.41) is 10.3. The maximum absolute atomic E-state index is 12.9. The average Bonchev–Trinajstić information content (AvgIpc) is 3.16. The molecule has 1 aliphatic heterocycles. The fourth-order valence-corrected chi connectivity index (χ4v) is 3.79. The number of rotatable bonds is 7. The summed E-state index contributed by atoms with van der Waals surface area (Å²) in [6, 6.07) is 13.4. The molecule has 4 rings (SSSR count). The monoisotopic (exact) mass is 433 g/mol. The number of aromatic nitrogens is 3. The molecule has 0 saturated heterocycles. The standard InChI is InChI=1S/C24H27N5O3/c1-3-18-10-9-17(13-25-18)23(30)27-14-19-11-20-21(15-32-19)28-29(2)22(20)24(31)26-12-16-7-5-4-6-8-16/h4-10,13,19H,3,11-12,14-15H2,1-2H3,(H,26,31)(H,27,30). The summed E-state index contributed by atoms with van der Waals surface area (Å²) >= 11 is 0. The van der Waals surface area contributed by atoms with Gasteiger partial charge in [-0.1, -0.05) is 37.3 Å². The summed E-state index contributed by atoms with van der Waals surface area (Å²) in [6.45, 7) is 3.11. The number of hydrogen-bond acceptors (Lipinski definition) is 5. The van der Waals surface area contributed by atoms with Crippen molar-refractivity contribution in [2.24, 2.45) is 7.05 Å². The van der Waals surface area contributed by atoms with E-state index in [4.69, 9.17) is 4.74 Å². The Hall–Kier alpha value is -3.52. The molecule has 3 heterocycles. The molecule has 3 aromatic rings. The largest absolute Gasteiger partial charge is 0.370 e. The molecule has 0 spiro atoms. The first-order valence-electron chi connectivity index (χ1n) is 10.8. The SMILES string of the molecule is CCc1ccc(C(=O)NCC2Cc3c(nn(C)c3C(=O)NCc3ccccc3)CO2)cn1. The Morgan fingerprint density at radius 2 is 1.94 bits per heavy atom. The molecular weight excluding hydrogens is 406 g/mol. The first-order valence-corrected chi connectivity index (χ1v) is 10.8. The molecule has 1 aliphatic rings. The number of carbonyl (C=O) groups is 2. The Balaban J connectivity index is 1.38. The molecule has 1 aromatic carbocycles. The molecule has 8 nitrogen and oxygen atoms in total. The minimum Gasteiger partial charge on any atom is -0.370 e. The number of ether oxygens (including phenoxy) is 1. The van der Waals surface area contributed by atoms with Gasteiger partial charge in [0.25, 0.3) is 11.8 Å². The van der Waals surface area contributed by atoms with Crippen molar-refractivity contribution in [1.29, 1.82) is 0 Å². The summed E-state index contributed by atoms with van der Waals surface area (Å²) in [5.74, 6) is -0.363. The van der Waals surface area contributed by atoms with Gasteiger partial charge in [-0.25, -0.2) is 0 Å². The van der Waals surface area contributed by atoms with Crippen LogP contribution in [0.1, 0.15) is 50.3 Å². The Bertz CT molecular complexity index is 1090. The molecule has 0 fully saturated rings. The van der Waals surface area contributed by atoms with Crippen molar-refractivity contribution in [3.8, 4) is 0 Å². The normalized spacial score (nSPS) is 15.1. The second-order valence-electron chi connectivity index (χ2n) is 7.80. The molecule has 166 valence electrons. The van der Waals surface area contributed by atoms with E-state index in [-0.39, 0.29) is 17.9 Å². The first-order chi connectivity index (χ1) is 15.5. The van der Waals surface area contributed by atoms with Crippen LogP contribution in [0.3, 0.4) is 0 Å². The van der Waals surface area contributed by atoms with Gasteiger partial charge in [-0.2, -0.15) is 5.10 Å². The Morgan fingerprint density at radius 3 is 2.66 bits per heavy atom. The summed E-state index contributed by atoms with van der Waals surface area (Å²) in [7, 11) is 1.76. The minimum absolute atomic E-state index is 0.170. The molecule has 2 amide bonds. The van der Waals surface area contributed by atoms with Crippen LogP contribution in [-0.2, 0) is 37.8 Å². The molecule has 8 heteroatoms. The smallest absolute Gasteiger partial charge is 0.270 e. The second-order valence-corrected chi connectivity index (χ2v) is 7.80. The highest BCUT2D eigenvalue weighted by atomic mass is 16.5. The van der Waals surface area contributed by atoms with E-state index in [2.05, 4.69) is 20.7 Å². The molecule has 2 N–H and O–H groups in total. The third-order valence-electron chi connectivity index (χ3n) is 5.57. The highest BCUT2D eigenvalue weighted by Crippen LogP contribution is 2.23. The zero-order valence-corrected chi connectivity index (χ0v) is 18.3. The third kappa shape index (κ3) is 4.86. The van der Waals surface area contributed by atoms with E-state index in [1.807, 2.05) is 43.3 Å². The maximum atomic E-state index is 12.9. The van der Waals surface area contributed by atoms with Crippen LogP contribution in [0.15, 0.2) is 48.7 Å². The van der Waals surface area contributed by atoms with Crippen LogP contribution >= 0.6 is 0 Å². The zero-order valence-electron chi connectivity index (χ0n) is 18.3. The van der Waals surface area contributed by atoms with Crippen molar-refractivity contribution >= 4 is 11.8 Å². The molecule has 1 atom stereocenters. The van der Waals surface area contributed by atoms with Gasteiger partial charge in [0, 0.05) is 44.0 Å². The van der Waals surface area contributed by atoms with Crippen molar-refractivity contribution in [3.05, 3.63) is 82.4 Å². The van der Waals surface area contributed by atoms with Gasteiger partial charge in [0.2, 0.25) is 0 Å². The molecule has 32 heavy (non-hydrogen) atoms. The van der Waals surface area contributed by atoms with Gasteiger partial charge >= 0.3 is 0 Å². The third-order valence-corrected chi connectivity index (χ3v) is 5.57. The molecule has 0 aliphatic carbocycles. The van der Waals surface area contributed by atoms with E-state index in [1.165, 1.54) is 0 Å². The van der Waals surface area contributed by atoms with Gasteiger partial charge in [0.1, 0.15) is 5.69 Å². The van der Waals surface area contributed by atoms with Crippen molar-refractivity contribution < 1.29 is 14.3 Å². The number of pyridine rings is 1. The first kappa shape index (κ1) is 21.7. The number of nitrogens with one attached hydrogen (secondary N) is 2. The fourth-order valence-electron chi connectivity index (χ4n) is 3.79. The topological polar surface area (TPSA) is 98.1 Å². The van der Waals surface area contributed by atoms with Gasteiger partial charge in [-0.3, -0.25) is 19.3 Å². The zero-order chi connectivity index (χ0) is 22.5. The Kier molecular flexibility index (Phi) is 6.61. The molecule has 0 radical (unpaired) electrons. The summed E-state index contributed by atoms with van der Waals surface area (Å²) in [4.78, 5) is 29.6. The fraction of sp³-hybridized carbons (Fsp3) is 0.333. The lowest BCUT2D eigenvalue weighted by Crippen LogP contribution is -2.37. The number of fused-ring (bicyclic) bond motifs is 1. The van der Waals surface area contributed by atoms with Gasteiger partial charge in [0.05, 0.1) is 24.0 Å². The van der Waals surface area contributed by atoms with Crippen LogP contribution in [0.25, 0.3) is 0 Å². The Labute approximate surface area is 187 Å². The minimum atomic E-state index is -0.237. The number of benzene rings is 1. The summed E-state index contributed by atoms with van der Waals surface area (Å²) < 4.78 is 7.47. The summed E-state index contributed by atoms with van der Waals surface area (Å²) in [6.07, 6.45) is 2.68. The number of aryl methyl sites for hydroxylation is 2. The molecule has 0 bridgehead atoms. The van der Waals surface area contributed by atoms with Crippen LogP contribution in [0.2, 0.25) is 0 Å². The number of amides is 2. The quantitative estimate of drug-likeness (QED) is 0.595.